The van der Waals surface area contributed by atoms with E-state index in [1.54, 1.807) is 24.3 Å². The lowest BCUT2D eigenvalue weighted by molar-refractivity contribution is -0.125. The van der Waals surface area contributed by atoms with Gasteiger partial charge in [-0.1, -0.05) is 11.6 Å². The number of benzene rings is 1. The van der Waals surface area contributed by atoms with Crippen molar-refractivity contribution < 1.29 is 14.3 Å². The molecule has 6 heteroatoms. The van der Waals surface area contributed by atoms with Crippen molar-refractivity contribution in [2.75, 3.05) is 25.6 Å². The van der Waals surface area contributed by atoms with Crippen molar-refractivity contribution in [2.45, 2.75) is 12.8 Å². The molecule has 0 fully saturated rings. The van der Waals surface area contributed by atoms with E-state index in [2.05, 4.69) is 15.4 Å². The van der Waals surface area contributed by atoms with Crippen LogP contribution >= 0.6 is 11.6 Å². The van der Waals surface area contributed by atoms with E-state index in [4.69, 9.17) is 11.6 Å². The molecule has 104 valence electrons. The maximum absolute atomic E-state index is 11.6. The van der Waals surface area contributed by atoms with Gasteiger partial charge in [-0.05, 0) is 30.7 Å². The second-order valence-electron chi connectivity index (χ2n) is 3.94. The third kappa shape index (κ3) is 6.79. The predicted molar refractivity (Wildman–Crippen MR) is 74.2 cm³/mol. The number of rotatable bonds is 7. The molecule has 2 N–H and O–H groups in total. The molecule has 0 radical (unpaired) electrons. The van der Waals surface area contributed by atoms with Crippen LogP contribution in [0.4, 0.5) is 5.69 Å². The summed E-state index contributed by atoms with van der Waals surface area (Å²) in [5, 5.41) is 6.02. The van der Waals surface area contributed by atoms with Gasteiger partial charge in [-0.15, -0.1) is 0 Å². The summed E-state index contributed by atoms with van der Waals surface area (Å²) in [5.41, 5.74) is 0.706. The van der Waals surface area contributed by atoms with Gasteiger partial charge in [0.2, 0.25) is 11.8 Å². The van der Waals surface area contributed by atoms with Gasteiger partial charge in [-0.3, -0.25) is 9.59 Å². The standard InChI is InChI=1S/C13H17ClN2O3/c1-19-9-13(18)15-8-2-3-12(17)16-11-6-4-10(14)5-7-11/h4-7H,2-3,8-9H2,1H3,(H,15,18)(H,16,17). The van der Waals surface area contributed by atoms with Gasteiger partial charge >= 0.3 is 0 Å². The summed E-state index contributed by atoms with van der Waals surface area (Å²) in [6.07, 6.45) is 0.921. The molecule has 0 saturated carbocycles. The van der Waals surface area contributed by atoms with E-state index in [9.17, 15) is 9.59 Å². The summed E-state index contributed by atoms with van der Waals surface area (Å²) in [7, 11) is 1.46. The maximum Gasteiger partial charge on any atom is 0.245 e. The third-order valence-corrected chi connectivity index (χ3v) is 2.56. The molecule has 19 heavy (non-hydrogen) atoms. The number of hydrogen-bond acceptors (Lipinski definition) is 3. The molecule has 0 spiro atoms. The molecule has 1 aromatic rings. The van der Waals surface area contributed by atoms with Gasteiger partial charge in [-0.2, -0.15) is 0 Å². The van der Waals surface area contributed by atoms with Crippen molar-refractivity contribution in [1.82, 2.24) is 5.32 Å². The van der Waals surface area contributed by atoms with Crippen molar-refractivity contribution in [1.29, 1.82) is 0 Å². The fourth-order valence-electron chi connectivity index (χ4n) is 1.42. The first kappa shape index (κ1) is 15.5. The van der Waals surface area contributed by atoms with E-state index in [1.807, 2.05) is 0 Å². The van der Waals surface area contributed by atoms with E-state index >= 15 is 0 Å². The highest BCUT2D eigenvalue weighted by Gasteiger charge is 2.03. The molecule has 0 aliphatic carbocycles. The van der Waals surface area contributed by atoms with Gasteiger partial charge in [0.1, 0.15) is 6.61 Å². The summed E-state index contributed by atoms with van der Waals surface area (Å²) >= 11 is 5.74. The van der Waals surface area contributed by atoms with Crippen LogP contribution in [-0.2, 0) is 14.3 Å². The molecule has 0 saturated heterocycles. The van der Waals surface area contributed by atoms with E-state index in [-0.39, 0.29) is 18.4 Å². The Balaban J connectivity index is 2.18. The molecule has 1 aromatic carbocycles. The Labute approximate surface area is 117 Å². The first-order valence-corrected chi connectivity index (χ1v) is 6.30. The Morgan fingerprint density at radius 2 is 1.89 bits per heavy atom. The van der Waals surface area contributed by atoms with Crippen LogP contribution in [0.2, 0.25) is 5.02 Å². The molecular formula is C13H17ClN2O3. The van der Waals surface area contributed by atoms with Crippen LogP contribution in [0.3, 0.4) is 0 Å². The van der Waals surface area contributed by atoms with Crippen molar-refractivity contribution in [2.24, 2.45) is 0 Å². The zero-order valence-corrected chi connectivity index (χ0v) is 11.5. The maximum atomic E-state index is 11.6. The molecule has 2 amide bonds. The summed E-state index contributed by atoms with van der Waals surface area (Å²) in [6.45, 7) is 0.493. The molecule has 0 atom stereocenters. The topological polar surface area (TPSA) is 67.4 Å². The molecule has 1 rings (SSSR count). The Bertz CT molecular complexity index is 420. The minimum absolute atomic E-state index is 0.0387. The number of anilines is 1. The zero-order valence-electron chi connectivity index (χ0n) is 10.7. The van der Waals surface area contributed by atoms with Gasteiger partial charge in [0.25, 0.3) is 0 Å². The fraction of sp³-hybridized carbons (Fsp3) is 0.385. The molecule has 0 aromatic heterocycles. The van der Waals surface area contributed by atoms with Gasteiger partial charge in [0, 0.05) is 30.8 Å². The third-order valence-electron chi connectivity index (χ3n) is 2.31. The first-order valence-electron chi connectivity index (χ1n) is 5.93. The summed E-state index contributed by atoms with van der Waals surface area (Å²) < 4.78 is 4.67. The lowest BCUT2D eigenvalue weighted by Crippen LogP contribution is -2.28. The van der Waals surface area contributed by atoms with Crippen molar-refractivity contribution in [3.63, 3.8) is 0 Å². The number of ether oxygens (including phenoxy) is 1. The minimum atomic E-state index is -0.180. The number of carbonyl (C=O) groups is 2. The summed E-state index contributed by atoms with van der Waals surface area (Å²) in [5.74, 6) is -0.274. The zero-order chi connectivity index (χ0) is 14.1. The lowest BCUT2D eigenvalue weighted by Gasteiger charge is -2.06. The van der Waals surface area contributed by atoms with Crippen LogP contribution in [0.1, 0.15) is 12.8 Å². The normalized spacial score (nSPS) is 10.0. The number of amides is 2. The van der Waals surface area contributed by atoms with E-state index in [0.717, 1.165) is 0 Å². The monoisotopic (exact) mass is 284 g/mol. The number of methoxy groups -OCH3 is 1. The molecule has 0 bridgehead atoms. The molecule has 0 aliphatic heterocycles. The smallest absolute Gasteiger partial charge is 0.245 e. The van der Waals surface area contributed by atoms with Gasteiger partial charge in [0.05, 0.1) is 0 Å². The Morgan fingerprint density at radius 1 is 1.21 bits per heavy atom. The van der Waals surface area contributed by atoms with E-state index in [1.165, 1.54) is 7.11 Å². The van der Waals surface area contributed by atoms with Crippen LogP contribution < -0.4 is 10.6 Å². The number of hydrogen-bond donors (Lipinski definition) is 2. The van der Waals surface area contributed by atoms with Gasteiger partial charge < -0.3 is 15.4 Å². The second-order valence-corrected chi connectivity index (χ2v) is 4.38. The van der Waals surface area contributed by atoms with Crippen LogP contribution in [0, 0.1) is 0 Å². The number of nitrogens with one attached hydrogen (secondary N) is 2. The minimum Gasteiger partial charge on any atom is -0.375 e. The van der Waals surface area contributed by atoms with Crippen LogP contribution in [0.25, 0.3) is 0 Å². The molecule has 0 aliphatic rings. The van der Waals surface area contributed by atoms with Crippen molar-refractivity contribution in [3.8, 4) is 0 Å². The molecular weight excluding hydrogens is 268 g/mol. The first-order chi connectivity index (χ1) is 9.11. The molecule has 0 heterocycles. The average molecular weight is 285 g/mol. The van der Waals surface area contributed by atoms with E-state index in [0.29, 0.717) is 30.1 Å². The van der Waals surface area contributed by atoms with Crippen LogP contribution in [0.5, 0.6) is 0 Å². The second kappa shape index (κ2) is 8.50. The van der Waals surface area contributed by atoms with Crippen molar-refractivity contribution >= 4 is 29.1 Å². The highest BCUT2D eigenvalue weighted by molar-refractivity contribution is 6.30. The predicted octanol–water partition coefficient (Wildman–Crippen LogP) is 1.82. The molecule has 5 nitrogen and oxygen atoms in total. The largest absolute Gasteiger partial charge is 0.375 e. The quantitative estimate of drug-likeness (QED) is 0.751. The summed E-state index contributed by atoms with van der Waals surface area (Å²) in [4.78, 5) is 22.6. The number of halogens is 1. The van der Waals surface area contributed by atoms with Gasteiger partial charge in [0.15, 0.2) is 0 Å². The van der Waals surface area contributed by atoms with Gasteiger partial charge in [-0.25, -0.2) is 0 Å². The van der Waals surface area contributed by atoms with E-state index < -0.39 is 0 Å². The van der Waals surface area contributed by atoms with Crippen LogP contribution in [-0.4, -0.2) is 32.1 Å². The Hall–Kier alpha value is -1.59. The lowest BCUT2D eigenvalue weighted by atomic mass is 10.2. The summed E-state index contributed by atoms with van der Waals surface area (Å²) in [6, 6.07) is 6.89. The highest BCUT2D eigenvalue weighted by Crippen LogP contribution is 2.13. The SMILES string of the molecule is COCC(=O)NCCCC(=O)Nc1ccc(Cl)cc1. The Kier molecular flexibility index (Phi) is 6.92. The fourth-order valence-corrected chi connectivity index (χ4v) is 1.54. The van der Waals surface area contributed by atoms with Crippen LogP contribution in [0.15, 0.2) is 24.3 Å². The highest BCUT2D eigenvalue weighted by atomic mass is 35.5. The number of carbonyl (C=O) groups excluding carboxylic acids is 2. The molecule has 0 unspecified atom stereocenters. The Morgan fingerprint density at radius 3 is 2.53 bits per heavy atom. The van der Waals surface area contributed by atoms with Crippen molar-refractivity contribution in [3.05, 3.63) is 29.3 Å². The average Bonchev–Trinajstić information content (AvgIpc) is 2.38.